The van der Waals surface area contributed by atoms with E-state index in [1.165, 1.54) is 4.90 Å². The van der Waals surface area contributed by atoms with Crippen LogP contribution in [-0.2, 0) is 22.5 Å². The molecule has 1 aromatic heterocycles. The summed E-state index contributed by atoms with van der Waals surface area (Å²) in [7, 11) is 3.84. The summed E-state index contributed by atoms with van der Waals surface area (Å²) in [6.07, 6.45) is 2.96. The van der Waals surface area contributed by atoms with Gasteiger partial charge in [0.05, 0.1) is 30.5 Å². The molecular weight excluding hydrogens is 583 g/mol. The van der Waals surface area contributed by atoms with Crippen molar-refractivity contribution < 1.29 is 18.7 Å². The molecule has 6 rings (SSSR count). The van der Waals surface area contributed by atoms with Crippen LogP contribution in [0.1, 0.15) is 24.1 Å². The maximum Gasteiger partial charge on any atom is 0.318 e. The minimum atomic E-state index is -0.927. The van der Waals surface area contributed by atoms with Gasteiger partial charge in [0.15, 0.2) is 5.83 Å². The van der Waals surface area contributed by atoms with E-state index in [0.29, 0.717) is 51.9 Å². The van der Waals surface area contributed by atoms with Gasteiger partial charge in [-0.3, -0.25) is 4.79 Å². The lowest BCUT2D eigenvalue weighted by Crippen LogP contribution is -2.49. The van der Waals surface area contributed by atoms with Gasteiger partial charge in [0, 0.05) is 75.0 Å². The van der Waals surface area contributed by atoms with Crippen LogP contribution in [0.3, 0.4) is 0 Å². The highest BCUT2D eigenvalue weighted by Crippen LogP contribution is 2.46. The number of carbonyl (C=O) groups is 1. The smallest absolute Gasteiger partial charge is 0.318 e. The lowest BCUT2D eigenvalue weighted by molar-refractivity contribution is -0.128. The maximum atomic E-state index is 13.5. The number of benzene rings is 2. The highest BCUT2D eigenvalue weighted by atomic mass is 35.5. The molecule has 1 saturated carbocycles. The molecule has 1 amide bonds. The average molecular weight is 623 g/mol. The molecule has 9 nitrogen and oxygen atoms in total. The zero-order valence-corrected chi connectivity index (χ0v) is 26.3. The van der Waals surface area contributed by atoms with Crippen LogP contribution >= 0.6 is 11.6 Å². The number of carbonyl (C=O) groups excluding carboxylic acids is 1. The van der Waals surface area contributed by atoms with E-state index in [4.69, 9.17) is 31.0 Å². The SMILES string of the molecule is C=C(F)C(=O)N1CCN(c2nc(OCC3(CN(C)CCOC)CC3)nc3c2CCN(c2cccc4cccc(Cl)c24)C3)CC1. The number of nitrogens with zero attached hydrogens (tertiary/aromatic N) is 6. The number of rotatable bonds is 11. The van der Waals surface area contributed by atoms with E-state index in [1.54, 1.807) is 7.11 Å². The molecule has 1 aliphatic carbocycles. The van der Waals surface area contributed by atoms with Gasteiger partial charge in [-0.15, -0.1) is 0 Å². The molecule has 3 aromatic rings. The molecule has 0 radical (unpaired) electrons. The third-order valence-electron chi connectivity index (χ3n) is 9.04. The van der Waals surface area contributed by atoms with Crippen LogP contribution in [0.15, 0.2) is 48.8 Å². The van der Waals surface area contributed by atoms with Gasteiger partial charge in [0.1, 0.15) is 5.82 Å². The zero-order valence-electron chi connectivity index (χ0n) is 25.5. The Kier molecular flexibility index (Phi) is 8.94. The number of hydrogen-bond acceptors (Lipinski definition) is 8. The topological polar surface area (TPSA) is 74.3 Å². The van der Waals surface area contributed by atoms with Crippen molar-refractivity contribution in [1.29, 1.82) is 0 Å². The van der Waals surface area contributed by atoms with Crippen LogP contribution < -0.4 is 14.5 Å². The summed E-state index contributed by atoms with van der Waals surface area (Å²) in [6, 6.07) is 12.6. The number of aromatic nitrogens is 2. The summed E-state index contributed by atoms with van der Waals surface area (Å²) in [5, 5.41) is 2.86. The fourth-order valence-electron chi connectivity index (χ4n) is 6.39. The molecule has 2 fully saturated rings. The number of piperazine rings is 1. The van der Waals surface area contributed by atoms with Crippen molar-refractivity contribution >= 4 is 39.8 Å². The number of ether oxygens (including phenoxy) is 2. The number of halogens is 2. The molecule has 234 valence electrons. The predicted molar refractivity (Wildman–Crippen MR) is 171 cm³/mol. The van der Waals surface area contributed by atoms with E-state index in [0.717, 1.165) is 77.5 Å². The quantitative estimate of drug-likeness (QED) is 0.285. The van der Waals surface area contributed by atoms with Crippen LogP contribution in [0.25, 0.3) is 10.8 Å². The number of fused-ring (bicyclic) bond motifs is 2. The fraction of sp³-hybridized carbons (Fsp3) is 0.485. The summed E-state index contributed by atoms with van der Waals surface area (Å²) in [5.41, 5.74) is 3.19. The molecule has 0 atom stereocenters. The largest absolute Gasteiger partial charge is 0.463 e. The van der Waals surface area contributed by atoms with Crippen molar-refractivity contribution in [2.75, 3.05) is 83.0 Å². The van der Waals surface area contributed by atoms with Gasteiger partial charge >= 0.3 is 6.01 Å². The molecule has 3 aliphatic rings. The third-order valence-corrected chi connectivity index (χ3v) is 9.36. The van der Waals surface area contributed by atoms with Crippen LogP contribution in [-0.4, -0.2) is 98.9 Å². The monoisotopic (exact) mass is 622 g/mol. The number of hydrogen-bond donors (Lipinski definition) is 0. The molecule has 2 aliphatic heterocycles. The lowest BCUT2D eigenvalue weighted by Gasteiger charge is -2.38. The Labute approximate surface area is 263 Å². The summed E-state index contributed by atoms with van der Waals surface area (Å²) in [5.74, 6) is -0.731. The second-order valence-electron chi connectivity index (χ2n) is 12.2. The van der Waals surface area contributed by atoms with E-state index in [9.17, 15) is 9.18 Å². The minimum absolute atomic E-state index is 0.0917. The van der Waals surface area contributed by atoms with E-state index in [2.05, 4.69) is 52.6 Å². The molecule has 3 heterocycles. The highest BCUT2D eigenvalue weighted by molar-refractivity contribution is 6.36. The van der Waals surface area contributed by atoms with E-state index < -0.39 is 11.7 Å². The van der Waals surface area contributed by atoms with Gasteiger partial charge in [-0.25, -0.2) is 4.39 Å². The van der Waals surface area contributed by atoms with Crippen molar-refractivity contribution in [3.05, 3.63) is 65.1 Å². The molecule has 2 aromatic carbocycles. The number of amides is 1. The minimum Gasteiger partial charge on any atom is -0.463 e. The zero-order chi connectivity index (χ0) is 30.8. The van der Waals surface area contributed by atoms with Crippen LogP contribution in [0.5, 0.6) is 6.01 Å². The number of likely N-dealkylation sites (N-methyl/N-ethyl adjacent to an activating group) is 1. The second kappa shape index (κ2) is 12.9. The first-order valence-corrected chi connectivity index (χ1v) is 15.7. The van der Waals surface area contributed by atoms with Gasteiger partial charge in [-0.05, 0) is 43.8 Å². The van der Waals surface area contributed by atoms with E-state index >= 15 is 0 Å². The van der Waals surface area contributed by atoms with Crippen LogP contribution in [0.4, 0.5) is 15.9 Å². The van der Waals surface area contributed by atoms with Gasteiger partial charge in [-0.2, -0.15) is 9.97 Å². The van der Waals surface area contributed by atoms with E-state index in [-0.39, 0.29) is 5.41 Å². The Morgan fingerprint density at radius 1 is 1.09 bits per heavy atom. The van der Waals surface area contributed by atoms with Crippen LogP contribution in [0, 0.1) is 5.41 Å². The standard InChI is InChI=1S/C33H40ClFN6O3/c1-23(35)31(42)40-16-14-39(15-17-40)30-25-10-13-41(28-9-5-7-24-6-4-8-26(34)29(24)28)20-27(25)36-32(37-30)44-22-33(11-12-33)21-38(2)18-19-43-3/h4-9H,1,10-22H2,2-3H3. The normalized spacial score (nSPS) is 17.6. The molecule has 0 spiro atoms. The third kappa shape index (κ3) is 6.48. The Balaban J connectivity index is 1.27. The lowest BCUT2D eigenvalue weighted by atomic mass is 10.0. The molecule has 0 N–H and O–H groups in total. The Bertz CT molecular complexity index is 1540. The summed E-state index contributed by atoms with van der Waals surface area (Å²) >= 11 is 6.69. The van der Waals surface area contributed by atoms with Gasteiger partial charge in [0.2, 0.25) is 0 Å². The first kappa shape index (κ1) is 30.6. The van der Waals surface area contributed by atoms with Gasteiger partial charge in [-0.1, -0.05) is 42.4 Å². The van der Waals surface area contributed by atoms with Crippen molar-refractivity contribution in [3.63, 3.8) is 0 Å². The molecule has 0 bridgehead atoms. The molecule has 44 heavy (non-hydrogen) atoms. The van der Waals surface area contributed by atoms with Gasteiger partial charge in [0.25, 0.3) is 5.91 Å². The molecule has 11 heteroatoms. The fourth-order valence-corrected chi connectivity index (χ4v) is 6.67. The van der Waals surface area contributed by atoms with Crippen molar-refractivity contribution in [2.45, 2.75) is 25.8 Å². The summed E-state index contributed by atoms with van der Waals surface area (Å²) in [6.45, 7) is 9.48. The number of anilines is 2. The first-order chi connectivity index (χ1) is 21.3. The Morgan fingerprint density at radius 3 is 2.55 bits per heavy atom. The van der Waals surface area contributed by atoms with Crippen molar-refractivity contribution in [3.8, 4) is 6.01 Å². The summed E-state index contributed by atoms with van der Waals surface area (Å²) < 4.78 is 25.2. The summed E-state index contributed by atoms with van der Waals surface area (Å²) in [4.78, 5) is 30.4. The number of methoxy groups -OCH3 is 1. The highest BCUT2D eigenvalue weighted by Gasteiger charge is 2.44. The Morgan fingerprint density at radius 2 is 1.84 bits per heavy atom. The maximum absolute atomic E-state index is 13.5. The Hall–Kier alpha value is -3.47. The second-order valence-corrected chi connectivity index (χ2v) is 12.7. The molecule has 1 saturated heterocycles. The molecule has 0 unspecified atom stereocenters. The average Bonchev–Trinajstić information content (AvgIpc) is 3.80. The predicted octanol–water partition coefficient (Wildman–Crippen LogP) is 4.71. The van der Waals surface area contributed by atoms with Crippen molar-refractivity contribution in [2.24, 2.45) is 5.41 Å². The van der Waals surface area contributed by atoms with Gasteiger partial charge < -0.3 is 29.1 Å². The van der Waals surface area contributed by atoms with E-state index in [1.807, 2.05) is 12.1 Å². The molecular formula is C33H40ClFN6O3. The van der Waals surface area contributed by atoms with Crippen LogP contribution in [0.2, 0.25) is 5.02 Å². The van der Waals surface area contributed by atoms with Crippen molar-refractivity contribution in [1.82, 2.24) is 19.8 Å². The first-order valence-electron chi connectivity index (χ1n) is 15.3.